The zero-order valence-corrected chi connectivity index (χ0v) is 8.15. The van der Waals surface area contributed by atoms with Crippen molar-refractivity contribution in [1.82, 2.24) is 5.32 Å². The molecule has 1 aliphatic heterocycles. The van der Waals surface area contributed by atoms with E-state index in [0.29, 0.717) is 6.42 Å². The van der Waals surface area contributed by atoms with Gasteiger partial charge in [0.1, 0.15) is 6.10 Å². The number of esters is 1. The van der Waals surface area contributed by atoms with Gasteiger partial charge in [0.2, 0.25) is 0 Å². The Hall–Kier alpha value is -0.280. The van der Waals surface area contributed by atoms with E-state index in [1.54, 1.807) is 0 Å². The van der Waals surface area contributed by atoms with Crippen molar-refractivity contribution in [3.05, 3.63) is 0 Å². The van der Waals surface area contributed by atoms with Crippen molar-refractivity contribution in [3.63, 3.8) is 0 Å². The maximum absolute atomic E-state index is 10.9. The Bertz CT molecular complexity index is 135. The minimum Gasteiger partial charge on any atom is -0.461 e. The summed E-state index contributed by atoms with van der Waals surface area (Å²) in [5.41, 5.74) is 0. The number of hydrogen-bond acceptors (Lipinski definition) is 3. The SMILES string of the molecule is CCCC(=O)OC1CCNC1.Cl. The van der Waals surface area contributed by atoms with Crippen molar-refractivity contribution >= 4 is 18.4 Å². The zero-order chi connectivity index (χ0) is 8.10. The smallest absolute Gasteiger partial charge is 0.306 e. The molecular weight excluding hydrogens is 178 g/mol. The van der Waals surface area contributed by atoms with Gasteiger partial charge in [-0.1, -0.05) is 6.92 Å². The molecule has 1 rings (SSSR count). The van der Waals surface area contributed by atoms with Gasteiger partial charge in [0.05, 0.1) is 0 Å². The zero-order valence-electron chi connectivity index (χ0n) is 7.34. The molecule has 0 aliphatic carbocycles. The van der Waals surface area contributed by atoms with Crippen LogP contribution >= 0.6 is 12.4 Å². The summed E-state index contributed by atoms with van der Waals surface area (Å²) in [6.45, 7) is 3.79. The summed E-state index contributed by atoms with van der Waals surface area (Å²) >= 11 is 0. The second-order valence-corrected chi connectivity index (χ2v) is 2.85. The van der Waals surface area contributed by atoms with Crippen molar-refractivity contribution in [2.75, 3.05) is 13.1 Å². The van der Waals surface area contributed by atoms with Crippen molar-refractivity contribution in [2.45, 2.75) is 32.3 Å². The van der Waals surface area contributed by atoms with Crippen LogP contribution in [0.15, 0.2) is 0 Å². The lowest BCUT2D eigenvalue weighted by Gasteiger charge is -2.09. The standard InChI is InChI=1S/C8H15NO2.ClH/c1-2-3-8(10)11-7-4-5-9-6-7;/h7,9H,2-6H2,1H3;1H. The maximum atomic E-state index is 10.9. The first kappa shape index (κ1) is 11.7. The predicted octanol–water partition coefficient (Wildman–Crippen LogP) is 1.11. The van der Waals surface area contributed by atoms with Gasteiger partial charge in [-0.15, -0.1) is 12.4 Å². The van der Waals surface area contributed by atoms with Crippen LogP contribution in [0.1, 0.15) is 26.2 Å². The molecular formula is C8H16ClNO2. The molecule has 0 aromatic carbocycles. The van der Waals surface area contributed by atoms with Gasteiger partial charge in [0.15, 0.2) is 0 Å². The average Bonchev–Trinajstić information content (AvgIpc) is 2.40. The molecule has 0 spiro atoms. The highest BCUT2D eigenvalue weighted by molar-refractivity contribution is 5.85. The highest BCUT2D eigenvalue weighted by atomic mass is 35.5. The number of carbonyl (C=O) groups is 1. The van der Waals surface area contributed by atoms with E-state index in [-0.39, 0.29) is 24.5 Å². The van der Waals surface area contributed by atoms with Crippen molar-refractivity contribution < 1.29 is 9.53 Å². The molecule has 1 N–H and O–H groups in total. The van der Waals surface area contributed by atoms with Crippen LogP contribution in [-0.2, 0) is 9.53 Å². The molecule has 0 amide bonds. The fourth-order valence-electron chi connectivity index (χ4n) is 1.18. The minimum atomic E-state index is -0.0544. The van der Waals surface area contributed by atoms with Gasteiger partial charge in [0, 0.05) is 13.0 Å². The molecule has 4 heteroatoms. The highest BCUT2D eigenvalue weighted by Gasteiger charge is 2.17. The van der Waals surface area contributed by atoms with E-state index in [9.17, 15) is 4.79 Å². The lowest BCUT2D eigenvalue weighted by molar-refractivity contribution is -0.148. The summed E-state index contributed by atoms with van der Waals surface area (Å²) in [4.78, 5) is 10.9. The predicted molar refractivity (Wildman–Crippen MR) is 49.5 cm³/mol. The number of hydrogen-bond donors (Lipinski definition) is 1. The molecule has 0 aromatic rings. The Balaban J connectivity index is 0.00000121. The number of carbonyl (C=O) groups excluding carboxylic acids is 1. The second kappa shape index (κ2) is 6.26. The second-order valence-electron chi connectivity index (χ2n) is 2.85. The van der Waals surface area contributed by atoms with Crippen LogP contribution in [0.3, 0.4) is 0 Å². The van der Waals surface area contributed by atoms with Crippen LogP contribution in [0.5, 0.6) is 0 Å². The van der Waals surface area contributed by atoms with Crippen molar-refractivity contribution in [1.29, 1.82) is 0 Å². The summed E-state index contributed by atoms with van der Waals surface area (Å²) in [6.07, 6.45) is 2.53. The molecule has 3 nitrogen and oxygen atoms in total. The molecule has 0 saturated carbocycles. The van der Waals surface area contributed by atoms with Crippen LogP contribution < -0.4 is 5.32 Å². The van der Waals surface area contributed by atoms with Gasteiger partial charge in [0.25, 0.3) is 0 Å². The summed E-state index contributed by atoms with van der Waals surface area (Å²) in [7, 11) is 0. The highest BCUT2D eigenvalue weighted by Crippen LogP contribution is 2.04. The van der Waals surface area contributed by atoms with Gasteiger partial charge >= 0.3 is 5.97 Å². The number of halogens is 1. The van der Waals surface area contributed by atoms with E-state index < -0.39 is 0 Å². The van der Waals surface area contributed by atoms with Crippen LogP contribution in [0.25, 0.3) is 0 Å². The number of rotatable bonds is 3. The van der Waals surface area contributed by atoms with E-state index >= 15 is 0 Å². The molecule has 0 aromatic heterocycles. The summed E-state index contributed by atoms with van der Waals surface area (Å²) in [5, 5.41) is 3.14. The molecule has 1 unspecified atom stereocenters. The average molecular weight is 194 g/mol. The third-order valence-corrected chi connectivity index (χ3v) is 1.77. The Morgan fingerprint density at radius 3 is 2.92 bits per heavy atom. The monoisotopic (exact) mass is 193 g/mol. The van der Waals surface area contributed by atoms with Crippen LogP contribution in [-0.4, -0.2) is 25.2 Å². The fraction of sp³-hybridized carbons (Fsp3) is 0.875. The molecule has 1 heterocycles. The van der Waals surface area contributed by atoms with Crippen LogP contribution in [0.4, 0.5) is 0 Å². The number of ether oxygens (including phenoxy) is 1. The Labute approximate surface area is 79.3 Å². The molecule has 1 atom stereocenters. The van der Waals surface area contributed by atoms with E-state index in [2.05, 4.69) is 5.32 Å². The van der Waals surface area contributed by atoms with E-state index in [0.717, 1.165) is 25.9 Å². The molecule has 12 heavy (non-hydrogen) atoms. The Morgan fingerprint density at radius 1 is 1.67 bits per heavy atom. The normalized spacial score (nSPS) is 21.6. The first-order valence-electron chi connectivity index (χ1n) is 4.23. The minimum absolute atomic E-state index is 0. The van der Waals surface area contributed by atoms with E-state index in [4.69, 9.17) is 4.74 Å². The summed E-state index contributed by atoms with van der Waals surface area (Å²) < 4.78 is 5.15. The van der Waals surface area contributed by atoms with Crippen molar-refractivity contribution in [2.24, 2.45) is 0 Å². The lowest BCUT2D eigenvalue weighted by atomic mass is 10.3. The van der Waals surface area contributed by atoms with Crippen LogP contribution in [0.2, 0.25) is 0 Å². The van der Waals surface area contributed by atoms with Gasteiger partial charge in [-0.05, 0) is 19.4 Å². The van der Waals surface area contributed by atoms with Gasteiger partial charge in [-0.25, -0.2) is 0 Å². The molecule has 0 bridgehead atoms. The van der Waals surface area contributed by atoms with Gasteiger partial charge < -0.3 is 10.1 Å². The number of nitrogens with one attached hydrogen (secondary N) is 1. The fourth-order valence-corrected chi connectivity index (χ4v) is 1.18. The summed E-state index contributed by atoms with van der Waals surface area (Å²) in [6, 6.07) is 0. The molecule has 1 fully saturated rings. The Kier molecular flexibility index (Phi) is 6.11. The first-order valence-corrected chi connectivity index (χ1v) is 4.23. The largest absolute Gasteiger partial charge is 0.461 e. The van der Waals surface area contributed by atoms with Gasteiger partial charge in [-0.2, -0.15) is 0 Å². The van der Waals surface area contributed by atoms with E-state index in [1.165, 1.54) is 0 Å². The van der Waals surface area contributed by atoms with Gasteiger partial charge in [-0.3, -0.25) is 4.79 Å². The molecule has 1 saturated heterocycles. The Morgan fingerprint density at radius 2 is 2.42 bits per heavy atom. The topological polar surface area (TPSA) is 38.3 Å². The van der Waals surface area contributed by atoms with Crippen molar-refractivity contribution in [3.8, 4) is 0 Å². The third kappa shape index (κ3) is 3.93. The maximum Gasteiger partial charge on any atom is 0.306 e. The quantitative estimate of drug-likeness (QED) is 0.683. The van der Waals surface area contributed by atoms with E-state index in [1.807, 2.05) is 6.92 Å². The molecule has 0 radical (unpaired) electrons. The molecule has 72 valence electrons. The summed E-state index contributed by atoms with van der Waals surface area (Å²) in [5.74, 6) is -0.0544. The first-order chi connectivity index (χ1) is 5.33. The lowest BCUT2D eigenvalue weighted by Crippen LogP contribution is -2.20. The van der Waals surface area contributed by atoms with Crippen LogP contribution in [0, 0.1) is 0 Å². The third-order valence-electron chi connectivity index (χ3n) is 1.77. The molecule has 1 aliphatic rings.